The van der Waals surface area contributed by atoms with Gasteiger partial charge < -0.3 is 19.1 Å². The third kappa shape index (κ3) is 5.06. The standard InChI is InChI=1S/C29H37N5O3/c1-19(2)27(20(3)17-35-5)23-16-25(33-13-15-36-18-21(33)4)32-28-22(23)9-11-30-29(28)24-10-12-31-34(24)26-8-6-7-14-37-26/h9-12,16,21,26H,3,6-8,13-15,17-18H2,1-2,4-5H3/t21-,26?/m1/s1. The minimum absolute atomic E-state index is 0.0902. The van der Waals surface area contributed by atoms with Crippen LogP contribution in [0.3, 0.4) is 0 Å². The minimum Gasteiger partial charge on any atom is -0.380 e. The molecule has 37 heavy (non-hydrogen) atoms. The maximum absolute atomic E-state index is 6.08. The van der Waals surface area contributed by atoms with E-state index in [4.69, 9.17) is 24.2 Å². The number of aromatic nitrogens is 4. The zero-order chi connectivity index (χ0) is 25.9. The third-order valence-electron chi connectivity index (χ3n) is 7.16. The van der Waals surface area contributed by atoms with Gasteiger partial charge in [-0.25, -0.2) is 9.67 Å². The quantitative estimate of drug-likeness (QED) is 0.399. The van der Waals surface area contributed by atoms with E-state index in [2.05, 4.69) is 49.5 Å². The number of hydrogen-bond donors (Lipinski definition) is 0. The highest BCUT2D eigenvalue weighted by Crippen LogP contribution is 2.38. The van der Waals surface area contributed by atoms with Crippen LogP contribution in [0.2, 0.25) is 0 Å². The predicted molar refractivity (Wildman–Crippen MR) is 147 cm³/mol. The molecule has 0 aliphatic carbocycles. The number of morpholine rings is 1. The van der Waals surface area contributed by atoms with E-state index in [9.17, 15) is 0 Å². The van der Waals surface area contributed by atoms with Crippen molar-refractivity contribution in [3.8, 4) is 11.4 Å². The van der Waals surface area contributed by atoms with E-state index in [0.29, 0.717) is 19.8 Å². The van der Waals surface area contributed by atoms with E-state index >= 15 is 0 Å². The summed E-state index contributed by atoms with van der Waals surface area (Å²) in [5.41, 5.74) is 6.86. The molecule has 0 bridgehead atoms. The second-order valence-electron chi connectivity index (χ2n) is 10.1. The number of methoxy groups -OCH3 is 1. The Morgan fingerprint density at radius 2 is 2.05 bits per heavy atom. The van der Waals surface area contributed by atoms with Crippen molar-refractivity contribution in [1.82, 2.24) is 19.7 Å². The van der Waals surface area contributed by atoms with Crippen LogP contribution in [0.1, 0.15) is 51.8 Å². The second kappa shape index (κ2) is 11.1. The van der Waals surface area contributed by atoms with Gasteiger partial charge in [-0.3, -0.25) is 4.98 Å². The van der Waals surface area contributed by atoms with Crippen molar-refractivity contribution in [3.63, 3.8) is 0 Å². The second-order valence-corrected chi connectivity index (χ2v) is 10.1. The summed E-state index contributed by atoms with van der Waals surface area (Å²) in [4.78, 5) is 12.4. The van der Waals surface area contributed by atoms with Crippen molar-refractivity contribution >= 4 is 22.3 Å². The summed E-state index contributed by atoms with van der Waals surface area (Å²) in [7, 11) is 1.70. The van der Waals surface area contributed by atoms with Gasteiger partial charge in [-0.1, -0.05) is 12.2 Å². The number of allylic oxidation sites excluding steroid dienone is 1. The van der Waals surface area contributed by atoms with Crippen molar-refractivity contribution < 1.29 is 14.2 Å². The molecule has 3 aromatic heterocycles. The van der Waals surface area contributed by atoms with Crippen molar-refractivity contribution in [1.29, 1.82) is 0 Å². The summed E-state index contributed by atoms with van der Waals surface area (Å²) in [5, 5.41) is 5.67. The highest BCUT2D eigenvalue weighted by atomic mass is 16.5. The Kier molecular flexibility index (Phi) is 7.69. The number of pyridine rings is 2. The molecule has 3 aromatic rings. The molecule has 0 N–H and O–H groups in total. The molecule has 8 nitrogen and oxygen atoms in total. The SMILES string of the molecule is C=C(COC)C(=C(C)C)c1cc(N2CCOC[C@H]2C)nc2c(-c3ccnn3C3CCCCO3)nccc12. The lowest BCUT2D eigenvalue weighted by Gasteiger charge is -2.35. The zero-order valence-corrected chi connectivity index (χ0v) is 22.4. The molecule has 2 saturated heterocycles. The van der Waals surface area contributed by atoms with E-state index in [1.165, 1.54) is 5.57 Å². The molecular formula is C29H37N5O3. The molecule has 0 spiro atoms. The van der Waals surface area contributed by atoms with Crippen LogP contribution in [0.15, 0.2) is 48.3 Å². The first-order valence-electron chi connectivity index (χ1n) is 13.1. The molecule has 5 rings (SSSR count). The largest absolute Gasteiger partial charge is 0.380 e. The molecule has 2 aliphatic rings. The average Bonchev–Trinajstić information content (AvgIpc) is 3.39. The van der Waals surface area contributed by atoms with Crippen molar-refractivity contribution in [3.05, 3.63) is 53.9 Å². The molecule has 0 amide bonds. The van der Waals surface area contributed by atoms with Gasteiger partial charge in [0, 0.05) is 38.0 Å². The molecule has 8 heteroatoms. The van der Waals surface area contributed by atoms with Crippen molar-refractivity contribution in [2.45, 2.75) is 52.3 Å². The van der Waals surface area contributed by atoms with Gasteiger partial charge in [0.2, 0.25) is 0 Å². The van der Waals surface area contributed by atoms with E-state index in [0.717, 1.165) is 77.2 Å². The summed E-state index contributed by atoms with van der Waals surface area (Å²) >= 11 is 0. The van der Waals surface area contributed by atoms with Crippen LogP contribution in [0.5, 0.6) is 0 Å². The third-order valence-corrected chi connectivity index (χ3v) is 7.16. The highest BCUT2D eigenvalue weighted by molar-refractivity contribution is 6.02. The smallest absolute Gasteiger partial charge is 0.150 e. The fourth-order valence-corrected chi connectivity index (χ4v) is 5.45. The zero-order valence-electron chi connectivity index (χ0n) is 22.4. The van der Waals surface area contributed by atoms with Crippen LogP contribution in [-0.2, 0) is 14.2 Å². The Balaban J connectivity index is 1.74. The van der Waals surface area contributed by atoms with Crippen LogP contribution >= 0.6 is 0 Å². The van der Waals surface area contributed by atoms with Crippen LogP contribution in [0.4, 0.5) is 5.82 Å². The minimum atomic E-state index is -0.0902. The number of anilines is 1. The molecule has 0 saturated carbocycles. The van der Waals surface area contributed by atoms with Crippen molar-refractivity contribution in [2.75, 3.05) is 45.0 Å². The van der Waals surface area contributed by atoms with Crippen LogP contribution in [0, 0.1) is 0 Å². The number of nitrogens with zero attached hydrogens (tertiary/aromatic N) is 5. The van der Waals surface area contributed by atoms with E-state index in [-0.39, 0.29) is 12.3 Å². The number of rotatable bonds is 7. The van der Waals surface area contributed by atoms with Crippen molar-refractivity contribution in [2.24, 2.45) is 0 Å². The lowest BCUT2D eigenvalue weighted by Crippen LogP contribution is -2.44. The first-order valence-corrected chi connectivity index (χ1v) is 13.1. The fraction of sp³-hybridized carbons (Fsp3) is 0.483. The molecule has 0 aromatic carbocycles. The number of hydrogen-bond acceptors (Lipinski definition) is 7. The number of fused-ring (bicyclic) bond motifs is 1. The average molecular weight is 504 g/mol. The Morgan fingerprint density at radius 1 is 1.19 bits per heavy atom. The molecule has 1 unspecified atom stereocenters. The summed E-state index contributed by atoms with van der Waals surface area (Å²) in [6, 6.07) is 6.47. The highest BCUT2D eigenvalue weighted by Gasteiger charge is 2.26. The maximum atomic E-state index is 6.08. The van der Waals surface area contributed by atoms with Gasteiger partial charge >= 0.3 is 0 Å². The van der Waals surface area contributed by atoms with Gasteiger partial charge in [0.25, 0.3) is 0 Å². The van der Waals surface area contributed by atoms with Gasteiger partial charge in [-0.2, -0.15) is 5.10 Å². The fourth-order valence-electron chi connectivity index (χ4n) is 5.45. The van der Waals surface area contributed by atoms with Crippen LogP contribution in [-0.4, -0.2) is 65.9 Å². The Bertz CT molecular complexity index is 1300. The van der Waals surface area contributed by atoms with Gasteiger partial charge in [-0.05, 0) is 74.9 Å². The summed E-state index contributed by atoms with van der Waals surface area (Å²) < 4.78 is 19.3. The Hall–Kier alpha value is -3.07. The van der Waals surface area contributed by atoms with Gasteiger partial charge in [0.1, 0.15) is 17.0 Å². The van der Waals surface area contributed by atoms with Gasteiger partial charge in [0.15, 0.2) is 6.23 Å². The normalized spacial score (nSPS) is 20.3. The topological polar surface area (TPSA) is 74.5 Å². The predicted octanol–water partition coefficient (Wildman–Crippen LogP) is 5.41. The summed E-state index contributed by atoms with van der Waals surface area (Å²) in [6.45, 7) is 14.1. The lowest BCUT2D eigenvalue weighted by atomic mass is 9.92. The maximum Gasteiger partial charge on any atom is 0.150 e. The van der Waals surface area contributed by atoms with E-state index in [1.807, 2.05) is 23.1 Å². The Morgan fingerprint density at radius 3 is 2.78 bits per heavy atom. The van der Waals surface area contributed by atoms with Gasteiger partial charge in [-0.15, -0.1) is 0 Å². The molecule has 2 aliphatic heterocycles. The molecule has 2 atom stereocenters. The van der Waals surface area contributed by atoms with Gasteiger partial charge in [0.05, 0.1) is 31.6 Å². The Labute approximate surface area is 218 Å². The molecule has 0 radical (unpaired) electrons. The first-order chi connectivity index (χ1) is 18.0. The molecule has 2 fully saturated rings. The molecule has 196 valence electrons. The van der Waals surface area contributed by atoms with Crippen LogP contribution in [0.25, 0.3) is 27.9 Å². The van der Waals surface area contributed by atoms with E-state index < -0.39 is 0 Å². The molecular weight excluding hydrogens is 466 g/mol. The number of ether oxygens (including phenoxy) is 3. The van der Waals surface area contributed by atoms with E-state index in [1.54, 1.807) is 7.11 Å². The monoisotopic (exact) mass is 503 g/mol. The summed E-state index contributed by atoms with van der Waals surface area (Å²) in [6.07, 6.45) is 6.74. The van der Waals surface area contributed by atoms with Crippen LogP contribution < -0.4 is 4.90 Å². The molecule has 5 heterocycles. The lowest BCUT2D eigenvalue weighted by molar-refractivity contribution is -0.0383. The summed E-state index contributed by atoms with van der Waals surface area (Å²) in [5.74, 6) is 0.913. The first kappa shape index (κ1) is 25.6.